The van der Waals surface area contributed by atoms with Gasteiger partial charge in [-0.3, -0.25) is 9.59 Å². The first-order valence-electron chi connectivity index (χ1n) is 12.3. The number of carbonyl (C=O) groups excluding carboxylic acids is 2. The Labute approximate surface area is 211 Å². The maximum atomic E-state index is 13.6. The van der Waals surface area contributed by atoms with Crippen LogP contribution in [0.3, 0.4) is 0 Å². The molecule has 36 heavy (non-hydrogen) atoms. The van der Waals surface area contributed by atoms with Crippen molar-refractivity contribution in [3.8, 4) is 5.75 Å². The summed E-state index contributed by atoms with van der Waals surface area (Å²) in [6.07, 6.45) is 1.64. The zero-order chi connectivity index (χ0) is 25.1. The van der Waals surface area contributed by atoms with Crippen molar-refractivity contribution in [1.29, 1.82) is 0 Å². The molecule has 1 aliphatic heterocycles. The molecule has 0 spiro atoms. The minimum Gasteiger partial charge on any atom is -0.508 e. The lowest BCUT2D eigenvalue weighted by molar-refractivity contribution is -0.147. The Bertz CT molecular complexity index is 1300. The maximum Gasteiger partial charge on any atom is 0.315 e. The van der Waals surface area contributed by atoms with Gasteiger partial charge in [0, 0.05) is 35.7 Å². The van der Waals surface area contributed by atoms with Crippen molar-refractivity contribution in [2.24, 2.45) is 5.92 Å². The molecule has 3 aromatic rings. The van der Waals surface area contributed by atoms with Crippen LogP contribution in [0.1, 0.15) is 41.4 Å². The van der Waals surface area contributed by atoms with Gasteiger partial charge in [-0.05, 0) is 41.2 Å². The van der Waals surface area contributed by atoms with Crippen LogP contribution in [0, 0.1) is 5.92 Å². The highest BCUT2D eigenvalue weighted by molar-refractivity contribution is 6.01. The minimum atomic E-state index is -0.749. The predicted octanol–water partition coefficient (Wildman–Crippen LogP) is 5.40. The Morgan fingerprint density at radius 1 is 0.917 bits per heavy atom. The first kappa shape index (κ1) is 23.6. The van der Waals surface area contributed by atoms with Crippen LogP contribution in [0.25, 0.3) is 0 Å². The van der Waals surface area contributed by atoms with Gasteiger partial charge in [0.2, 0.25) is 0 Å². The summed E-state index contributed by atoms with van der Waals surface area (Å²) in [6.45, 7) is 4.42. The van der Waals surface area contributed by atoms with Gasteiger partial charge in [0.25, 0.3) is 0 Å². The zero-order valence-corrected chi connectivity index (χ0v) is 20.0. The second kappa shape index (κ2) is 10.2. The minimum absolute atomic E-state index is 0.0188. The summed E-state index contributed by atoms with van der Waals surface area (Å²) in [5.41, 5.74) is 4.94. The SMILES string of the molecule is C=C1NC2=C(C(=O)CC(c3ccccc3)C2)C(c2ccc(O)cc2)C1C(=O)OCCc1ccccc1. The van der Waals surface area contributed by atoms with Gasteiger partial charge < -0.3 is 15.2 Å². The number of nitrogens with one attached hydrogen (secondary N) is 1. The Balaban J connectivity index is 1.45. The third kappa shape index (κ3) is 4.82. The molecule has 3 unspecified atom stereocenters. The van der Waals surface area contributed by atoms with Gasteiger partial charge in [-0.25, -0.2) is 0 Å². The lowest BCUT2D eigenvalue weighted by atomic mass is 9.69. The van der Waals surface area contributed by atoms with Gasteiger partial charge in [0.05, 0.1) is 6.61 Å². The van der Waals surface area contributed by atoms with E-state index in [1.54, 1.807) is 24.3 Å². The number of phenolic OH excluding ortho intramolecular Hbond substituents is 1. The number of ether oxygens (including phenoxy) is 1. The summed E-state index contributed by atoms with van der Waals surface area (Å²) in [5.74, 6) is -1.48. The molecule has 5 heteroatoms. The molecule has 2 N–H and O–H groups in total. The maximum absolute atomic E-state index is 13.6. The van der Waals surface area contributed by atoms with Crippen LogP contribution < -0.4 is 5.32 Å². The van der Waals surface area contributed by atoms with E-state index >= 15 is 0 Å². The van der Waals surface area contributed by atoms with Crippen molar-refractivity contribution in [2.45, 2.75) is 31.1 Å². The molecular weight excluding hydrogens is 450 g/mol. The van der Waals surface area contributed by atoms with E-state index in [2.05, 4.69) is 11.9 Å². The number of aromatic hydroxyl groups is 1. The summed E-state index contributed by atoms with van der Waals surface area (Å²) in [5, 5.41) is 13.2. The Hall–Kier alpha value is -4.12. The molecule has 3 aromatic carbocycles. The number of hydrogen-bond acceptors (Lipinski definition) is 5. The van der Waals surface area contributed by atoms with Crippen molar-refractivity contribution >= 4 is 11.8 Å². The fourth-order valence-electron chi connectivity index (χ4n) is 5.33. The summed E-state index contributed by atoms with van der Waals surface area (Å²) >= 11 is 0. The number of carbonyl (C=O) groups is 2. The van der Waals surface area contributed by atoms with Crippen molar-refractivity contribution < 1.29 is 19.4 Å². The van der Waals surface area contributed by atoms with E-state index in [0.29, 0.717) is 30.5 Å². The number of phenols is 1. The molecule has 2 aliphatic rings. The topological polar surface area (TPSA) is 75.6 Å². The highest BCUT2D eigenvalue weighted by atomic mass is 16.5. The normalized spacial score (nSPS) is 21.5. The zero-order valence-electron chi connectivity index (χ0n) is 20.0. The molecule has 0 bridgehead atoms. The van der Waals surface area contributed by atoms with Crippen molar-refractivity contribution in [1.82, 2.24) is 5.32 Å². The monoisotopic (exact) mass is 479 g/mol. The standard InChI is InChI=1S/C31H29NO4/c1-20-28(31(35)36-17-16-21-8-4-2-5-9-21)29(23-12-14-25(33)15-13-23)30-26(32-20)18-24(19-27(30)34)22-10-6-3-7-11-22/h2-15,24,28-29,32-33H,1,16-19H2. The number of rotatable bonds is 6. The second-order valence-electron chi connectivity index (χ2n) is 9.43. The van der Waals surface area contributed by atoms with Gasteiger partial charge in [-0.1, -0.05) is 79.4 Å². The van der Waals surface area contributed by atoms with Crippen LogP contribution in [-0.2, 0) is 20.7 Å². The summed E-state index contributed by atoms with van der Waals surface area (Å²) < 4.78 is 5.71. The van der Waals surface area contributed by atoms with Crippen molar-refractivity contribution in [3.05, 3.63) is 125 Å². The first-order chi connectivity index (χ1) is 17.5. The number of esters is 1. The van der Waals surface area contributed by atoms with E-state index in [0.717, 1.165) is 22.4 Å². The summed E-state index contributed by atoms with van der Waals surface area (Å²) in [6, 6.07) is 26.6. The van der Waals surface area contributed by atoms with Crippen molar-refractivity contribution in [3.63, 3.8) is 0 Å². The van der Waals surface area contributed by atoms with Gasteiger partial charge in [0.15, 0.2) is 5.78 Å². The van der Waals surface area contributed by atoms with E-state index in [9.17, 15) is 14.7 Å². The number of hydrogen-bond donors (Lipinski definition) is 2. The van der Waals surface area contributed by atoms with Crippen LogP contribution in [0.5, 0.6) is 5.75 Å². The number of benzene rings is 3. The van der Waals surface area contributed by atoms with E-state index in [1.165, 1.54) is 0 Å². The number of Topliss-reactive ketones (excluding diaryl/α,β-unsaturated/α-hetero) is 1. The lowest BCUT2D eigenvalue weighted by Gasteiger charge is -2.40. The molecule has 0 saturated carbocycles. The van der Waals surface area contributed by atoms with Gasteiger partial charge >= 0.3 is 5.97 Å². The smallest absolute Gasteiger partial charge is 0.315 e. The first-order valence-corrected chi connectivity index (χ1v) is 12.3. The Morgan fingerprint density at radius 3 is 2.28 bits per heavy atom. The molecule has 182 valence electrons. The number of ketones is 1. The van der Waals surface area contributed by atoms with Gasteiger partial charge in [-0.15, -0.1) is 0 Å². The fourth-order valence-corrected chi connectivity index (χ4v) is 5.33. The van der Waals surface area contributed by atoms with E-state index < -0.39 is 17.8 Å². The van der Waals surface area contributed by atoms with E-state index in [4.69, 9.17) is 4.74 Å². The van der Waals surface area contributed by atoms with Crippen LogP contribution in [0.4, 0.5) is 0 Å². The molecule has 5 rings (SSSR count). The van der Waals surface area contributed by atoms with Gasteiger partial charge in [-0.2, -0.15) is 0 Å². The quantitative estimate of drug-likeness (QED) is 0.463. The van der Waals surface area contributed by atoms with Crippen molar-refractivity contribution in [2.75, 3.05) is 6.61 Å². The molecule has 0 saturated heterocycles. The second-order valence-corrected chi connectivity index (χ2v) is 9.43. The molecule has 0 aromatic heterocycles. The van der Waals surface area contributed by atoms with Crippen LogP contribution in [-0.4, -0.2) is 23.5 Å². The Kier molecular flexibility index (Phi) is 6.72. The average molecular weight is 480 g/mol. The number of allylic oxidation sites excluding steroid dienone is 2. The Morgan fingerprint density at radius 2 is 1.58 bits per heavy atom. The van der Waals surface area contributed by atoms with Crippen LogP contribution in [0.2, 0.25) is 0 Å². The fraction of sp³-hybridized carbons (Fsp3) is 0.226. The van der Waals surface area contributed by atoms with Crippen LogP contribution >= 0.6 is 0 Å². The van der Waals surface area contributed by atoms with Gasteiger partial charge in [0.1, 0.15) is 11.7 Å². The molecule has 3 atom stereocenters. The largest absolute Gasteiger partial charge is 0.508 e. The average Bonchev–Trinajstić information content (AvgIpc) is 2.89. The summed E-state index contributed by atoms with van der Waals surface area (Å²) in [4.78, 5) is 27.0. The lowest BCUT2D eigenvalue weighted by Crippen LogP contribution is -2.42. The highest BCUT2D eigenvalue weighted by Crippen LogP contribution is 2.47. The molecular formula is C31H29NO4. The van der Waals surface area contributed by atoms with E-state index in [1.807, 2.05) is 60.7 Å². The molecule has 0 amide bonds. The molecule has 1 heterocycles. The predicted molar refractivity (Wildman–Crippen MR) is 138 cm³/mol. The molecule has 1 aliphatic carbocycles. The third-order valence-corrected chi connectivity index (χ3v) is 7.09. The van der Waals surface area contributed by atoms with E-state index in [-0.39, 0.29) is 24.1 Å². The molecule has 0 fully saturated rings. The summed E-state index contributed by atoms with van der Waals surface area (Å²) in [7, 11) is 0. The molecule has 0 radical (unpaired) electrons. The molecule has 5 nitrogen and oxygen atoms in total. The van der Waals surface area contributed by atoms with Crippen LogP contribution in [0.15, 0.2) is 108 Å². The highest BCUT2D eigenvalue weighted by Gasteiger charge is 2.45. The third-order valence-electron chi connectivity index (χ3n) is 7.09.